The predicted octanol–water partition coefficient (Wildman–Crippen LogP) is 2.79. The number of nitrogens with zero attached hydrogens (tertiary/aromatic N) is 2. The van der Waals surface area contributed by atoms with Gasteiger partial charge in [-0.15, -0.1) is 0 Å². The number of hydrazine groups is 1. The molecule has 33 heavy (non-hydrogen) atoms. The Balaban J connectivity index is 1.50. The summed E-state index contributed by atoms with van der Waals surface area (Å²) in [5, 5.41) is 3.48. The fourth-order valence-electron chi connectivity index (χ4n) is 5.00. The van der Waals surface area contributed by atoms with Gasteiger partial charge in [0.05, 0.1) is 6.54 Å². The van der Waals surface area contributed by atoms with E-state index in [1.54, 1.807) is 6.92 Å². The molecule has 1 saturated carbocycles. The number of urea groups is 1. The van der Waals surface area contributed by atoms with E-state index < -0.39 is 17.5 Å². The summed E-state index contributed by atoms with van der Waals surface area (Å²) in [6.45, 7) is 8.83. The molecule has 2 N–H and O–H groups in total. The standard InChI is InChI=1S/C24H34N4O5/c1-5-24(4)22(30)28(23(31)25-24)26-21(29)13-27(18-8-6-7-15(2)16(18)3)12-17-9-10-19-20(11-17)33-14-32-19/h9-11,15-16,18H,5-8,12-14H2,1-4H3,(H,25,31)(H,26,29)/t15-,16+,18+,24-/m0/s1. The molecule has 1 aromatic rings. The van der Waals surface area contributed by atoms with Gasteiger partial charge in [-0.2, -0.15) is 5.01 Å². The zero-order chi connectivity index (χ0) is 23.8. The van der Waals surface area contributed by atoms with Gasteiger partial charge in [-0.3, -0.25) is 19.9 Å². The van der Waals surface area contributed by atoms with Gasteiger partial charge in [0.25, 0.3) is 11.8 Å². The number of carbonyl (C=O) groups excluding carboxylic acids is 3. The minimum atomic E-state index is -0.996. The van der Waals surface area contributed by atoms with E-state index in [0.717, 1.165) is 29.2 Å². The van der Waals surface area contributed by atoms with Gasteiger partial charge in [-0.25, -0.2) is 4.79 Å². The average molecular weight is 459 g/mol. The third kappa shape index (κ3) is 4.64. The molecule has 4 amide bonds. The summed E-state index contributed by atoms with van der Waals surface area (Å²) < 4.78 is 10.9. The van der Waals surface area contributed by atoms with Crippen LogP contribution in [0.2, 0.25) is 0 Å². The number of imide groups is 1. The summed E-state index contributed by atoms with van der Waals surface area (Å²) in [4.78, 5) is 40.2. The lowest BCUT2D eigenvalue weighted by Gasteiger charge is -2.41. The molecule has 0 bridgehead atoms. The Hall–Kier alpha value is -2.81. The molecule has 3 aliphatic rings. The SMILES string of the molecule is CC[C@]1(C)NC(=O)N(NC(=O)CN(Cc2ccc3c(c2)OCO3)[C@@H]2CCC[C@H](C)[C@H]2C)C1=O. The Bertz CT molecular complexity index is 937. The van der Waals surface area contributed by atoms with Gasteiger partial charge in [0.1, 0.15) is 5.54 Å². The summed E-state index contributed by atoms with van der Waals surface area (Å²) in [6, 6.07) is 5.45. The molecule has 2 heterocycles. The Labute approximate surface area is 194 Å². The summed E-state index contributed by atoms with van der Waals surface area (Å²) in [5.74, 6) is 1.58. The van der Waals surface area contributed by atoms with Crippen LogP contribution in [-0.4, -0.2) is 52.7 Å². The van der Waals surface area contributed by atoms with Crippen LogP contribution in [0, 0.1) is 11.8 Å². The molecule has 9 nitrogen and oxygen atoms in total. The largest absolute Gasteiger partial charge is 0.454 e. The van der Waals surface area contributed by atoms with E-state index in [0.29, 0.717) is 30.6 Å². The van der Waals surface area contributed by atoms with Crippen molar-refractivity contribution in [3.05, 3.63) is 23.8 Å². The van der Waals surface area contributed by atoms with Crippen molar-refractivity contribution >= 4 is 17.8 Å². The number of fused-ring (bicyclic) bond motifs is 1. The third-order valence-electron chi connectivity index (χ3n) is 7.51. The van der Waals surface area contributed by atoms with Crippen molar-refractivity contribution in [3.63, 3.8) is 0 Å². The van der Waals surface area contributed by atoms with Crippen molar-refractivity contribution in [2.24, 2.45) is 11.8 Å². The topological polar surface area (TPSA) is 100 Å². The minimum absolute atomic E-state index is 0.0794. The lowest BCUT2D eigenvalue weighted by atomic mass is 9.77. The van der Waals surface area contributed by atoms with Crippen LogP contribution in [0.25, 0.3) is 0 Å². The fourth-order valence-corrected chi connectivity index (χ4v) is 5.00. The molecular weight excluding hydrogens is 424 g/mol. The van der Waals surface area contributed by atoms with E-state index in [-0.39, 0.29) is 25.3 Å². The number of carbonyl (C=O) groups is 3. The van der Waals surface area contributed by atoms with Crippen molar-refractivity contribution in [2.75, 3.05) is 13.3 Å². The maximum absolute atomic E-state index is 13.0. The molecule has 1 aliphatic carbocycles. The first kappa shape index (κ1) is 23.4. The van der Waals surface area contributed by atoms with Crippen molar-refractivity contribution in [2.45, 2.75) is 71.5 Å². The first-order chi connectivity index (χ1) is 15.7. The molecule has 2 aliphatic heterocycles. The van der Waals surface area contributed by atoms with Crippen LogP contribution >= 0.6 is 0 Å². The van der Waals surface area contributed by atoms with Gasteiger partial charge in [0.15, 0.2) is 11.5 Å². The first-order valence-electron chi connectivity index (χ1n) is 11.8. The molecule has 9 heteroatoms. The van der Waals surface area contributed by atoms with Crippen LogP contribution in [0.3, 0.4) is 0 Å². The van der Waals surface area contributed by atoms with E-state index in [2.05, 4.69) is 29.5 Å². The zero-order valence-electron chi connectivity index (χ0n) is 19.8. The van der Waals surface area contributed by atoms with E-state index in [1.165, 1.54) is 6.42 Å². The maximum Gasteiger partial charge on any atom is 0.344 e. The molecule has 1 saturated heterocycles. The van der Waals surface area contributed by atoms with Crippen LogP contribution in [0.5, 0.6) is 11.5 Å². The van der Waals surface area contributed by atoms with Crippen molar-refractivity contribution in [1.29, 1.82) is 0 Å². The van der Waals surface area contributed by atoms with Gasteiger partial charge in [0, 0.05) is 12.6 Å². The maximum atomic E-state index is 13.0. The van der Waals surface area contributed by atoms with E-state index in [1.807, 2.05) is 25.1 Å². The summed E-state index contributed by atoms with van der Waals surface area (Å²) >= 11 is 0. The smallest absolute Gasteiger partial charge is 0.344 e. The van der Waals surface area contributed by atoms with Crippen molar-refractivity contribution < 1.29 is 23.9 Å². The number of amides is 4. The highest BCUT2D eigenvalue weighted by atomic mass is 16.7. The van der Waals surface area contributed by atoms with Gasteiger partial charge in [-0.05, 0) is 49.3 Å². The Kier molecular flexibility index (Phi) is 6.52. The molecule has 0 aromatic heterocycles. The summed E-state index contributed by atoms with van der Waals surface area (Å²) in [7, 11) is 0. The second kappa shape index (κ2) is 9.21. The molecule has 0 radical (unpaired) electrons. The van der Waals surface area contributed by atoms with Gasteiger partial charge >= 0.3 is 6.03 Å². The molecule has 4 atom stereocenters. The van der Waals surface area contributed by atoms with Crippen LogP contribution < -0.4 is 20.2 Å². The highest BCUT2D eigenvalue weighted by Gasteiger charge is 2.47. The van der Waals surface area contributed by atoms with Crippen molar-refractivity contribution in [3.8, 4) is 11.5 Å². The second-order valence-electron chi connectivity index (χ2n) is 9.72. The molecule has 4 rings (SSSR count). The Morgan fingerprint density at radius 1 is 1.24 bits per heavy atom. The van der Waals surface area contributed by atoms with Crippen LogP contribution in [0.15, 0.2) is 18.2 Å². The number of rotatable bonds is 7. The van der Waals surface area contributed by atoms with Gasteiger partial charge in [0.2, 0.25) is 6.79 Å². The summed E-state index contributed by atoms with van der Waals surface area (Å²) in [6.07, 6.45) is 3.73. The average Bonchev–Trinajstić information content (AvgIpc) is 3.33. The van der Waals surface area contributed by atoms with Gasteiger partial charge in [-0.1, -0.05) is 39.7 Å². The van der Waals surface area contributed by atoms with Crippen LogP contribution in [-0.2, 0) is 16.1 Å². The minimum Gasteiger partial charge on any atom is -0.454 e. The number of benzene rings is 1. The number of nitrogens with one attached hydrogen (secondary N) is 2. The first-order valence-corrected chi connectivity index (χ1v) is 11.8. The second-order valence-corrected chi connectivity index (χ2v) is 9.72. The highest BCUT2D eigenvalue weighted by molar-refractivity contribution is 6.07. The van der Waals surface area contributed by atoms with Crippen LogP contribution in [0.1, 0.15) is 58.9 Å². The molecular formula is C24H34N4O5. The Morgan fingerprint density at radius 3 is 2.73 bits per heavy atom. The van der Waals surface area contributed by atoms with Gasteiger partial charge < -0.3 is 14.8 Å². The Morgan fingerprint density at radius 2 is 2.00 bits per heavy atom. The quantitative estimate of drug-likeness (QED) is 0.610. The molecule has 0 spiro atoms. The fraction of sp³-hybridized carbons (Fsp3) is 0.625. The highest BCUT2D eigenvalue weighted by Crippen LogP contribution is 2.36. The summed E-state index contributed by atoms with van der Waals surface area (Å²) in [5.41, 5.74) is 2.56. The lowest BCUT2D eigenvalue weighted by Crippen LogP contribution is -2.53. The number of hydrogen-bond acceptors (Lipinski definition) is 6. The molecule has 0 unspecified atom stereocenters. The van der Waals surface area contributed by atoms with E-state index in [4.69, 9.17) is 9.47 Å². The molecule has 2 fully saturated rings. The van der Waals surface area contributed by atoms with Crippen molar-refractivity contribution in [1.82, 2.24) is 20.7 Å². The monoisotopic (exact) mass is 458 g/mol. The number of hydrogen-bond donors (Lipinski definition) is 2. The van der Waals surface area contributed by atoms with E-state index >= 15 is 0 Å². The molecule has 1 aromatic carbocycles. The molecule has 180 valence electrons. The number of ether oxygens (including phenoxy) is 2. The zero-order valence-corrected chi connectivity index (χ0v) is 19.8. The van der Waals surface area contributed by atoms with Crippen LogP contribution in [0.4, 0.5) is 4.79 Å². The predicted molar refractivity (Wildman–Crippen MR) is 121 cm³/mol. The lowest BCUT2D eigenvalue weighted by molar-refractivity contribution is -0.139. The normalized spacial score (nSPS) is 28.9. The van der Waals surface area contributed by atoms with E-state index in [9.17, 15) is 14.4 Å². The third-order valence-corrected chi connectivity index (χ3v) is 7.51.